The summed E-state index contributed by atoms with van der Waals surface area (Å²) in [5.41, 5.74) is 0.975. The first kappa shape index (κ1) is 19.8. The summed E-state index contributed by atoms with van der Waals surface area (Å²) in [5.74, 6) is 0.842. The maximum absolute atomic E-state index is 12.9. The molecule has 0 saturated carbocycles. The highest BCUT2D eigenvalue weighted by molar-refractivity contribution is 14.1. The minimum absolute atomic E-state index is 0.349. The molecule has 2 saturated heterocycles. The number of sulfonamides is 1. The van der Waals surface area contributed by atoms with Crippen molar-refractivity contribution < 1.29 is 13.2 Å². The van der Waals surface area contributed by atoms with Crippen LogP contribution in [0.2, 0.25) is 0 Å². The molecule has 0 radical (unpaired) electrons. The average Bonchev–Trinajstić information content (AvgIpc) is 2.75. The Balaban J connectivity index is 1.43. The second-order valence-electron chi connectivity index (χ2n) is 6.72. The fourth-order valence-electron chi connectivity index (χ4n) is 3.41. The normalized spacial score (nSPS) is 19.0. The molecule has 0 N–H and O–H groups in total. The number of piperazine rings is 1. The third kappa shape index (κ3) is 4.24. The average molecular weight is 515 g/mol. The first-order chi connectivity index (χ1) is 13.5. The molecule has 2 fully saturated rings. The summed E-state index contributed by atoms with van der Waals surface area (Å²) < 4.78 is 33.7. The SMILES string of the molecule is O=S(=O)(c1ccc(I)cc1)N1CCN(c2cnnc(N3CCOCC3)c2)CC1. The second-order valence-corrected chi connectivity index (χ2v) is 9.90. The van der Waals surface area contributed by atoms with Crippen LogP contribution in [0.15, 0.2) is 41.4 Å². The molecule has 0 amide bonds. The van der Waals surface area contributed by atoms with Crippen LogP contribution in [-0.2, 0) is 14.8 Å². The van der Waals surface area contributed by atoms with Crippen LogP contribution >= 0.6 is 22.6 Å². The van der Waals surface area contributed by atoms with Crippen molar-refractivity contribution in [3.63, 3.8) is 0 Å². The lowest BCUT2D eigenvalue weighted by Gasteiger charge is -2.35. The summed E-state index contributed by atoms with van der Waals surface area (Å²) in [6.07, 6.45) is 1.74. The highest BCUT2D eigenvalue weighted by Crippen LogP contribution is 2.23. The summed E-state index contributed by atoms with van der Waals surface area (Å²) in [7, 11) is -3.46. The first-order valence-corrected chi connectivity index (χ1v) is 11.7. The van der Waals surface area contributed by atoms with Crippen LogP contribution in [0.3, 0.4) is 0 Å². The fourth-order valence-corrected chi connectivity index (χ4v) is 5.19. The van der Waals surface area contributed by atoms with Gasteiger partial charge in [0.2, 0.25) is 10.0 Å². The van der Waals surface area contributed by atoms with Crippen LogP contribution in [0.5, 0.6) is 0 Å². The van der Waals surface area contributed by atoms with Gasteiger partial charge >= 0.3 is 0 Å². The fraction of sp³-hybridized carbons (Fsp3) is 0.444. The number of halogens is 1. The maximum Gasteiger partial charge on any atom is 0.243 e. The van der Waals surface area contributed by atoms with E-state index in [2.05, 4.69) is 42.6 Å². The third-order valence-electron chi connectivity index (χ3n) is 5.02. The molecular weight excluding hydrogens is 493 g/mol. The predicted octanol–water partition coefficient (Wildman–Crippen LogP) is 1.43. The Kier molecular flexibility index (Phi) is 5.99. The van der Waals surface area contributed by atoms with Crippen molar-refractivity contribution in [2.75, 3.05) is 62.3 Å². The zero-order valence-corrected chi connectivity index (χ0v) is 18.3. The lowest BCUT2D eigenvalue weighted by atomic mass is 10.3. The van der Waals surface area contributed by atoms with Gasteiger partial charge in [0.1, 0.15) is 0 Å². The van der Waals surface area contributed by atoms with E-state index in [0.29, 0.717) is 44.3 Å². The van der Waals surface area contributed by atoms with Crippen molar-refractivity contribution in [2.24, 2.45) is 0 Å². The van der Waals surface area contributed by atoms with Crippen molar-refractivity contribution in [2.45, 2.75) is 4.90 Å². The molecule has 28 heavy (non-hydrogen) atoms. The van der Waals surface area contributed by atoms with E-state index in [4.69, 9.17) is 4.74 Å². The number of hydrogen-bond donors (Lipinski definition) is 0. The summed E-state index contributed by atoms with van der Waals surface area (Å²) >= 11 is 2.17. The number of morpholine rings is 1. The Morgan fingerprint density at radius 3 is 2.29 bits per heavy atom. The van der Waals surface area contributed by atoms with Crippen molar-refractivity contribution in [1.29, 1.82) is 0 Å². The molecule has 1 aromatic heterocycles. The van der Waals surface area contributed by atoms with Gasteiger partial charge in [0.05, 0.1) is 30.0 Å². The zero-order valence-electron chi connectivity index (χ0n) is 15.4. The van der Waals surface area contributed by atoms with E-state index in [1.54, 1.807) is 22.6 Å². The predicted molar refractivity (Wildman–Crippen MR) is 115 cm³/mol. The second kappa shape index (κ2) is 8.47. The highest BCUT2D eigenvalue weighted by atomic mass is 127. The molecule has 8 nitrogen and oxygen atoms in total. The van der Waals surface area contributed by atoms with E-state index in [1.807, 2.05) is 18.2 Å². The lowest BCUT2D eigenvalue weighted by Crippen LogP contribution is -2.48. The standard InChI is InChI=1S/C18H22IN5O3S/c19-15-1-3-17(4-2-15)28(25,26)24-7-5-22(6-8-24)16-13-18(21-20-14-16)23-9-11-27-12-10-23/h1-4,13-14H,5-12H2. The van der Waals surface area contributed by atoms with E-state index >= 15 is 0 Å². The van der Waals surface area contributed by atoms with Crippen LogP contribution in [0.1, 0.15) is 0 Å². The Morgan fingerprint density at radius 1 is 0.929 bits per heavy atom. The molecule has 0 bridgehead atoms. The van der Waals surface area contributed by atoms with E-state index in [0.717, 1.165) is 28.2 Å². The quantitative estimate of drug-likeness (QED) is 0.571. The molecule has 10 heteroatoms. The molecule has 2 aliphatic rings. The molecule has 150 valence electrons. The van der Waals surface area contributed by atoms with Crippen molar-refractivity contribution in [3.8, 4) is 0 Å². The smallest absolute Gasteiger partial charge is 0.243 e. The molecule has 4 rings (SSSR count). The number of ether oxygens (including phenoxy) is 1. The number of aromatic nitrogens is 2. The van der Waals surface area contributed by atoms with Gasteiger partial charge < -0.3 is 14.5 Å². The van der Waals surface area contributed by atoms with Gasteiger partial charge in [0.15, 0.2) is 5.82 Å². The number of anilines is 2. The van der Waals surface area contributed by atoms with Gasteiger partial charge in [0.25, 0.3) is 0 Å². The lowest BCUT2D eigenvalue weighted by molar-refractivity contribution is 0.122. The van der Waals surface area contributed by atoms with Crippen LogP contribution in [0.4, 0.5) is 11.5 Å². The number of benzene rings is 1. The molecule has 1 aromatic carbocycles. The van der Waals surface area contributed by atoms with Gasteiger partial charge in [-0.25, -0.2) is 8.42 Å². The number of rotatable bonds is 4. The third-order valence-corrected chi connectivity index (χ3v) is 7.65. The summed E-state index contributed by atoms with van der Waals surface area (Å²) in [6.45, 7) is 5.14. The molecule has 0 spiro atoms. The van der Waals surface area contributed by atoms with Crippen molar-refractivity contribution >= 4 is 44.1 Å². The number of hydrogen-bond acceptors (Lipinski definition) is 7. The maximum atomic E-state index is 12.9. The monoisotopic (exact) mass is 515 g/mol. The molecule has 0 aliphatic carbocycles. The van der Waals surface area contributed by atoms with Gasteiger partial charge in [-0.3, -0.25) is 0 Å². The van der Waals surface area contributed by atoms with E-state index in [1.165, 1.54) is 0 Å². The summed E-state index contributed by atoms with van der Waals surface area (Å²) in [6, 6.07) is 9.01. The van der Waals surface area contributed by atoms with Gasteiger partial charge in [-0.05, 0) is 46.9 Å². The van der Waals surface area contributed by atoms with Gasteiger partial charge in [-0.1, -0.05) is 0 Å². The molecule has 0 atom stereocenters. The Bertz CT molecular complexity index is 911. The molecule has 2 aliphatic heterocycles. The van der Waals surface area contributed by atoms with Gasteiger partial charge in [0, 0.05) is 48.9 Å². The van der Waals surface area contributed by atoms with E-state index in [9.17, 15) is 8.42 Å². The Labute approximate surface area is 178 Å². The Hall–Kier alpha value is -1.50. The molecule has 2 aromatic rings. The minimum atomic E-state index is -3.46. The summed E-state index contributed by atoms with van der Waals surface area (Å²) in [4.78, 5) is 4.68. The summed E-state index contributed by atoms with van der Waals surface area (Å²) in [5, 5.41) is 8.40. The minimum Gasteiger partial charge on any atom is -0.378 e. The van der Waals surface area contributed by atoms with Crippen LogP contribution in [-0.4, -0.2) is 75.4 Å². The van der Waals surface area contributed by atoms with Gasteiger partial charge in [-0.15, -0.1) is 5.10 Å². The van der Waals surface area contributed by atoms with Crippen LogP contribution < -0.4 is 9.80 Å². The molecular formula is C18H22IN5O3S. The van der Waals surface area contributed by atoms with Crippen LogP contribution in [0.25, 0.3) is 0 Å². The Morgan fingerprint density at radius 2 is 1.61 bits per heavy atom. The largest absolute Gasteiger partial charge is 0.378 e. The van der Waals surface area contributed by atoms with E-state index < -0.39 is 10.0 Å². The molecule has 3 heterocycles. The zero-order chi connectivity index (χ0) is 19.6. The number of nitrogens with zero attached hydrogens (tertiary/aromatic N) is 5. The van der Waals surface area contributed by atoms with E-state index in [-0.39, 0.29) is 0 Å². The van der Waals surface area contributed by atoms with Crippen molar-refractivity contribution in [3.05, 3.63) is 40.1 Å². The topological polar surface area (TPSA) is 78.9 Å². The van der Waals surface area contributed by atoms with Crippen LogP contribution in [0, 0.1) is 3.57 Å². The molecule has 0 unspecified atom stereocenters. The van der Waals surface area contributed by atoms with Crippen molar-refractivity contribution in [1.82, 2.24) is 14.5 Å². The van der Waals surface area contributed by atoms with Gasteiger partial charge in [-0.2, -0.15) is 9.40 Å². The highest BCUT2D eigenvalue weighted by Gasteiger charge is 2.29. The first-order valence-electron chi connectivity index (χ1n) is 9.20.